The molecule has 1 rings (SSSR count). The SMILES string of the molecule is CCC(CC)n1ccc(CC(=O)CC(C)(C)C)n1. The molecule has 0 fully saturated rings. The molecule has 0 unspecified atom stereocenters. The summed E-state index contributed by atoms with van der Waals surface area (Å²) in [6, 6.07) is 2.43. The van der Waals surface area contributed by atoms with Crippen LogP contribution in [0.3, 0.4) is 0 Å². The highest BCUT2D eigenvalue weighted by Crippen LogP contribution is 2.20. The lowest BCUT2D eigenvalue weighted by molar-refractivity contribution is -0.120. The fourth-order valence-electron chi connectivity index (χ4n) is 2.19. The van der Waals surface area contributed by atoms with Crippen molar-refractivity contribution in [2.45, 2.75) is 66.3 Å². The van der Waals surface area contributed by atoms with Gasteiger partial charge in [-0.2, -0.15) is 5.10 Å². The molecule has 3 heteroatoms. The monoisotopic (exact) mass is 250 g/mol. The topological polar surface area (TPSA) is 34.9 Å². The maximum absolute atomic E-state index is 11.9. The van der Waals surface area contributed by atoms with Gasteiger partial charge in [-0.15, -0.1) is 0 Å². The molecule has 0 aliphatic rings. The maximum Gasteiger partial charge on any atom is 0.139 e. The first-order valence-electron chi connectivity index (χ1n) is 6.91. The largest absolute Gasteiger partial charge is 0.299 e. The van der Waals surface area contributed by atoms with Gasteiger partial charge in [-0.1, -0.05) is 34.6 Å². The summed E-state index contributed by atoms with van der Waals surface area (Å²) in [5.41, 5.74) is 0.964. The van der Waals surface area contributed by atoms with Crippen LogP contribution in [0.15, 0.2) is 12.3 Å². The van der Waals surface area contributed by atoms with Crippen LogP contribution in [-0.2, 0) is 11.2 Å². The second-order valence-corrected chi connectivity index (χ2v) is 6.21. The van der Waals surface area contributed by atoms with E-state index in [0.29, 0.717) is 18.9 Å². The van der Waals surface area contributed by atoms with Gasteiger partial charge >= 0.3 is 0 Å². The third-order valence-electron chi connectivity index (χ3n) is 3.09. The highest BCUT2D eigenvalue weighted by molar-refractivity contribution is 5.80. The van der Waals surface area contributed by atoms with E-state index in [9.17, 15) is 4.79 Å². The first-order chi connectivity index (χ1) is 8.35. The molecule has 0 aromatic carbocycles. The van der Waals surface area contributed by atoms with E-state index < -0.39 is 0 Å². The van der Waals surface area contributed by atoms with Crippen LogP contribution in [0.1, 0.15) is 65.6 Å². The zero-order valence-electron chi connectivity index (χ0n) is 12.4. The minimum absolute atomic E-state index is 0.0645. The number of ketones is 1. The highest BCUT2D eigenvalue weighted by Gasteiger charge is 2.17. The van der Waals surface area contributed by atoms with E-state index in [0.717, 1.165) is 18.5 Å². The molecule has 1 aromatic rings. The first kappa shape index (κ1) is 14.9. The van der Waals surface area contributed by atoms with Crippen molar-refractivity contribution in [3.8, 4) is 0 Å². The molecule has 0 N–H and O–H groups in total. The van der Waals surface area contributed by atoms with Crippen molar-refractivity contribution in [2.75, 3.05) is 0 Å². The summed E-state index contributed by atoms with van der Waals surface area (Å²) in [7, 11) is 0. The van der Waals surface area contributed by atoms with E-state index in [1.807, 2.05) is 16.9 Å². The Morgan fingerprint density at radius 1 is 1.33 bits per heavy atom. The van der Waals surface area contributed by atoms with Crippen LogP contribution in [0.4, 0.5) is 0 Å². The fraction of sp³-hybridized carbons (Fsp3) is 0.733. The van der Waals surface area contributed by atoms with E-state index in [1.54, 1.807) is 0 Å². The van der Waals surface area contributed by atoms with Crippen molar-refractivity contribution in [3.05, 3.63) is 18.0 Å². The van der Waals surface area contributed by atoms with E-state index in [-0.39, 0.29) is 11.2 Å². The van der Waals surface area contributed by atoms with Crippen molar-refractivity contribution in [1.82, 2.24) is 9.78 Å². The summed E-state index contributed by atoms with van der Waals surface area (Å²) >= 11 is 0. The zero-order chi connectivity index (χ0) is 13.8. The van der Waals surface area contributed by atoms with Gasteiger partial charge in [-0.25, -0.2) is 0 Å². The van der Waals surface area contributed by atoms with Gasteiger partial charge in [0.15, 0.2) is 0 Å². The van der Waals surface area contributed by atoms with E-state index in [4.69, 9.17) is 0 Å². The number of nitrogens with zero attached hydrogens (tertiary/aromatic N) is 2. The molecule has 0 aliphatic heterocycles. The van der Waals surface area contributed by atoms with Gasteiger partial charge < -0.3 is 0 Å². The molecule has 1 heterocycles. The third-order valence-corrected chi connectivity index (χ3v) is 3.09. The minimum Gasteiger partial charge on any atom is -0.299 e. The van der Waals surface area contributed by atoms with Gasteiger partial charge in [0.25, 0.3) is 0 Å². The second kappa shape index (κ2) is 6.17. The average molecular weight is 250 g/mol. The Morgan fingerprint density at radius 2 is 1.94 bits per heavy atom. The number of aromatic nitrogens is 2. The van der Waals surface area contributed by atoms with Crippen LogP contribution >= 0.6 is 0 Å². The number of Topliss-reactive ketones (excluding diaryl/α,β-unsaturated/α-hetero) is 1. The molecular weight excluding hydrogens is 224 g/mol. The van der Waals surface area contributed by atoms with Crippen molar-refractivity contribution < 1.29 is 4.79 Å². The van der Waals surface area contributed by atoms with Crippen LogP contribution in [0.2, 0.25) is 0 Å². The van der Waals surface area contributed by atoms with Crippen LogP contribution in [-0.4, -0.2) is 15.6 Å². The summed E-state index contributed by atoms with van der Waals surface area (Å²) < 4.78 is 2.00. The number of hydrogen-bond donors (Lipinski definition) is 0. The van der Waals surface area contributed by atoms with Crippen molar-refractivity contribution in [3.63, 3.8) is 0 Å². The summed E-state index contributed by atoms with van der Waals surface area (Å²) in [4.78, 5) is 11.9. The number of hydrogen-bond acceptors (Lipinski definition) is 2. The number of rotatable bonds is 6. The lowest BCUT2D eigenvalue weighted by Gasteiger charge is -2.16. The molecule has 0 saturated heterocycles. The Morgan fingerprint density at radius 3 is 2.44 bits per heavy atom. The molecule has 0 saturated carbocycles. The highest BCUT2D eigenvalue weighted by atomic mass is 16.1. The van der Waals surface area contributed by atoms with Crippen molar-refractivity contribution in [1.29, 1.82) is 0 Å². The van der Waals surface area contributed by atoms with Gasteiger partial charge in [0, 0.05) is 12.6 Å². The maximum atomic E-state index is 11.9. The fourth-order valence-corrected chi connectivity index (χ4v) is 2.19. The third kappa shape index (κ3) is 4.63. The summed E-state index contributed by atoms with van der Waals surface area (Å²) in [6.07, 6.45) is 5.23. The summed E-state index contributed by atoms with van der Waals surface area (Å²) in [5, 5.41) is 4.52. The molecule has 0 atom stereocenters. The van der Waals surface area contributed by atoms with Crippen molar-refractivity contribution in [2.24, 2.45) is 5.41 Å². The van der Waals surface area contributed by atoms with E-state index in [2.05, 4.69) is 39.7 Å². The molecule has 0 amide bonds. The molecule has 3 nitrogen and oxygen atoms in total. The second-order valence-electron chi connectivity index (χ2n) is 6.21. The molecule has 0 spiro atoms. The molecule has 0 aliphatic carbocycles. The predicted molar refractivity (Wildman–Crippen MR) is 74.6 cm³/mol. The predicted octanol–water partition coefficient (Wildman–Crippen LogP) is 3.79. The molecular formula is C15H26N2O. The lowest BCUT2D eigenvalue weighted by atomic mass is 9.89. The molecule has 1 aromatic heterocycles. The smallest absolute Gasteiger partial charge is 0.139 e. The Kier molecular flexibility index (Phi) is 5.12. The van der Waals surface area contributed by atoms with Crippen LogP contribution in [0.5, 0.6) is 0 Å². The summed E-state index contributed by atoms with van der Waals surface area (Å²) in [5.74, 6) is 0.275. The van der Waals surface area contributed by atoms with Gasteiger partial charge in [0.05, 0.1) is 18.2 Å². The van der Waals surface area contributed by atoms with Crippen LogP contribution < -0.4 is 0 Å². The minimum atomic E-state index is 0.0645. The van der Waals surface area contributed by atoms with Gasteiger partial charge in [0.1, 0.15) is 5.78 Å². The molecule has 0 radical (unpaired) electrons. The Hall–Kier alpha value is -1.12. The van der Waals surface area contributed by atoms with Gasteiger partial charge in [-0.05, 0) is 24.3 Å². The first-order valence-corrected chi connectivity index (χ1v) is 6.91. The van der Waals surface area contributed by atoms with Gasteiger partial charge in [-0.3, -0.25) is 9.48 Å². The van der Waals surface area contributed by atoms with Crippen LogP contribution in [0, 0.1) is 5.41 Å². The number of carbonyl (C=O) groups is 1. The lowest BCUT2D eigenvalue weighted by Crippen LogP contribution is -2.15. The Labute approximate surface area is 111 Å². The molecule has 102 valence electrons. The summed E-state index contributed by atoms with van der Waals surface area (Å²) in [6.45, 7) is 10.6. The van der Waals surface area contributed by atoms with E-state index in [1.165, 1.54) is 0 Å². The van der Waals surface area contributed by atoms with Crippen LogP contribution in [0.25, 0.3) is 0 Å². The Balaban J connectivity index is 2.61. The van der Waals surface area contributed by atoms with Crippen molar-refractivity contribution >= 4 is 5.78 Å². The normalized spacial score (nSPS) is 12.1. The van der Waals surface area contributed by atoms with Gasteiger partial charge in [0.2, 0.25) is 0 Å². The number of carbonyl (C=O) groups excluding carboxylic acids is 1. The molecule has 18 heavy (non-hydrogen) atoms. The molecule has 0 bridgehead atoms. The zero-order valence-corrected chi connectivity index (χ0v) is 12.4. The standard InChI is InChI=1S/C15H26N2O/c1-6-13(7-2)17-9-8-12(16-17)10-14(18)11-15(3,4)5/h8-9,13H,6-7,10-11H2,1-5H3. The quantitative estimate of drug-likeness (QED) is 0.770. The van der Waals surface area contributed by atoms with E-state index >= 15 is 0 Å². The average Bonchev–Trinajstić information content (AvgIpc) is 2.65. The Bertz CT molecular complexity index is 383.